The zero-order valence-corrected chi connectivity index (χ0v) is 11.3. The number of aryl methyl sites for hydroxylation is 2. The normalized spacial score (nSPS) is 14.8. The van der Waals surface area contributed by atoms with Gasteiger partial charge >= 0.3 is 0 Å². The highest BCUT2D eigenvalue weighted by Gasteiger charge is 2.17. The topological polar surface area (TPSA) is 12.0 Å². The van der Waals surface area contributed by atoms with Crippen LogP contribution in [0.3, 0.4) is 0 Å². The first-order chi connectivity index (χ1) is 7.60. The van der Waals surface area contributed by atoms with Crippen LogP contribution in [0.1, 0.15) is 49.3 Å². The van der Waals surface area contributed by atoms with Crippen LogP contribution in [0.25, 0.3) is 0 Å². The highest BCUT2D eigenvalue weighted by Crippen LogP contribution is 2.25. The second-order valence-corrected chi connectivity index (χ2v) is 4.83. The van der Waals surface area contributed by atoms with Crippen LogP contribution in [0.2, 0.25) is 0 Å². The van der Waals surface area contributed by atoms with Crippen molar-refractivity contribution in [1.29, 1.82) is 0 Å². The van der Waals surface area contributed by atoms with Gasteiger partial charge in [-0.3, -0.25) is 0 Å². The number of hydrogen-bond acceptors (Lipinski definition) is 1. The molecule has 0 saturated heterocycles. The molecule has 0 bridgehead atoms. The average molecular weight is 219 g/mol. The van der Waals surface area contributed by atoms with Crippen molar-refractivity contribution in [3.8, 4) is 0 Å². The van der Waals surface area contributed by atoms with Crippen LogP contribution < -0.4 is 5.32 Å². The minimum absolute atomic E-state index is 0.588. The van der Waals surface area contributed by atoms with Gasteiger partial charge in [0.15, 0.2) is 0 Å². The summed E-state index contributed by atoms with van der Waals surface area (Å²) in [5.74, 6) is 0.588. The molecular weight excluding hydrogens is 194 g/mol. The molecule has 1 heteroatoms. The molecule has 1 aromatic rings. The molecule has 0 aliphatic carbocycles. The number of likely N-dealkylation sites (N-methyl/N-ethyl adjacent to an activating group) is 1. The molecule has 0 amide bonds. The standard InChI is InChI=1S/C15H25N/c1-6-7-15(16-5)13(4)14-9-8-11(2)10-12(14)3/h8-10,13,15-16H,6-7H2,1-5H3. The van der Waals surface area contributed by atoms with E-state index >= 15 is 0 Å². The fraction of sp³-hybridized carbons (Fsp3) is 0.600. The minimum atomic E-state index is 0.588. The Hall–Kier alpha value is -0.820. The first-order valence-corrected chi connectivity index (χ1v) is 6.34. The van der Waals surface area contributed by atoms with Crippen LogP contribution in [0.15, 0.2) is 18.2 Å². The maximum Gasteiger partial charge on any atom is 0.0130 e. The maximum absolute atomic E-state index is 3.44. The van der Waals surface area contributed by atoms with Gasteiger partial charge in [0, 0.05) is 6.04 Å². The van der Waals surface area contributed by atoms with E-state index in [1.54, 1.807) is 0 Å². The molecule has 1 nitrogen and oxygen atoms in total. The molecule has 16 heavy (non-hydrogen) atoms. The molecule has 1 N–H and O–H groups in total. The molecule has 0 aromatic heterocycles. The predicted molar refractivity (Wildman–Crippen MR) is 72.1 cm³/mol. The first kappa shape index (κ1) is 13.2. The van der Waals surface area contributed by atoms with E-state index in [0.29, 0.717) is 12.0 Å². The molecule has 0 aliphatic rings. The van der Waals surface area contributed by atoms with Crippen LogP contribution in [-0.2, 0) is 0 Å². The van der Waals surface area contributed by atoms with Crippen molar-refractivity contribution >= 4 is 0 Å². The van der Waals surface area contributed by atoms with E-state index in [0.717, 1.165) is 0 Å². The quantitative estimate of drug-likeness (QED) is 0.794. The second kappa shape index (κ2) is 6.05. The van der Waals surface area contributed by atoms with Crippen molar-refractivity contribution < 1.29 is 0 Å². The summed E-state index contributed by atoms with van der Waals surface area (Å²) in [5.41, 5.74) is 4.26. The largest absolute Gasteiger partial charge is 0.316 e. The summed E-state index contributed by atoms with van der Waals surface area (Å²) in [6.07, 6.45) is 2.48. The Labute approximate surface area is 100 Å². The summed E-state index contributed by atoms with van der Waals surface area (Å²) in [6.45, 7) is 8.95. The SMILES string of the molecule is CCCC(NC)C(C)c1ccc(C)cc1C. The zero-order chi connectivity index (χ0) is 12.1. The van der Waals surface area contributed by atoms with Gasteiger partial charge in [0.2, 0.25) is 0 Å². The van der Waals surface area contributed by atoms with Gasteiger partial charge < -0.3 is 5.32 Å². The Balaban J connectivity index is 2.89. The summed E-state index contributed by atoms with van der Waals surface area (Å²) in [6, 6.07) is 7.38. The second-order valence-electron chi connectivity index (χ2n) is 4.83. The molecule has 0 aliphatic heterocycles. The van der Waals surface area contributed by atoms with E-state index in [4.69, 9.17) is 0 Å². The van der Waals surface area contributed by atoms with Crippen LogP contribution in [0, 0.1) is 13.8 Å². The van der Waals surface area contributed by atoms with Crippen molar-refractivity contribution in [2.75, 3.05) is 7.05 Å². The molecule has 2 atom stereocenters. The molecule has 90 valence electrons. The Morgan fingerprint density at radius 3 is 2.44 bits per heavy atom. The Kier molecular flexibility index (Phi) is 5.01. The minimum Gasteiger partial charge on any atom is -0.316 e. The number of rotatable bonds is 5. The lowest BCUT2D eigenvalue weighted by molar-refractivity contribution is 0.450. The van der Waals surface area contributed by atoms with Gasteiger partial charge in [-0.15, -0.1) is 0 Å². The fourth-order valence-corrected chi connectivity index (χ4v) is 2.51. The van der Waals surface area contributed by atoms with Crippen LogP contribution in [-0.4, -0.2) is 13.1 Å². The van der Waals surface area contributed by atoms with E-state index in [1.807, 2.05) is 0 Å². The van der Waals surface area contributed by atoms with Crippen molar-refractivity contribution in [3.63, 3.8) is 0 Å². The molecule has 0 spiro atoms. The smallest absolute Gasteiger partial charge is 0.0130 e. The van der Waals surface area contributed by atoms with Crippen molar-refractivity contribution in [2.24, 2.45) is 0 Å². The number of nitrogens with one attached hydrogen (secondary N) is 1. The third kappa shape index (κ3) is 3.08. The van der Waals surface area contributed by atoms with Gasteiger partial charge in [0.25, 0.3) is 0 Å². The number of hydrogen-bond donors (Lipinski definition) is 1. The first-order valence-electron chi connectivity index (χ1n) is 6.34. The van der Waals surface area contributed by atoms with Crippen molar-refractivity contribution in [1.82, 2.24) is 5.32 Å². The summed E-state index contributed by atoms with van der Waals surface area (Å²) >= 11 is 0. The summed E-state index contributed by atoms with van der Waals surface area (Å²) in [4.78, 5) is 0. The van der Waals surface area contributed by atoms with Gasteiger partial charge in [0.05, 0.1) is 0 Å². The van der Waals surface area contributed by atoms with Crippen molar-refractivity contribution in [2.45, 2.75) is 52.5 Å². The molecule has 0 saturated carbocycles. The third-order valence-electron chi connectivity index (χ3n) is 3.49. The van der Waals surface area contributed by atoms with E-state index in [-0.39, 0.29) is 0 Å². The molecule has 1 aromatic carbocycles. The average Bonchev–Trinajstić information content (AvgIpc) is 2.25. The summed E-state index contributed by atoms with van der Waals surface area (Å²) in [5, 5.41) is 3.44. The fourth-order valence-electron chi connectivity index (χ4n) is 2.51. The van der Waals surface area contributed by atoms with Gasteiger partial charge in [-0.05, 0) is 44.4 Å². The monoisotopic (exact) mass is 219 g/mol. The predicted octanol–water partition coefficient (Wildman–Crippen LogP) is 3.80. The van der Waals surface area contributed by atoms with Gasteiger partial charge in [-0.2, -0.15) is 0 Å². The van der Waals surface area contributed by atoms with Gasteiger partial charge in [0.1, 0.15) is 0 Å². The Bertz CT molecular complexity index is 330. The molecule has 0 fully saturated rings. The highest BCUT2D eigenvalue weighted by molar-refractivity contribution is 5.33. The molecule has 0 heterocycles. The lowest BCUT2D eigenvalue weighted by Gasteiger charge is -2.25. The van der Waals surface area contributed by atoms with E-state index in [2.05, 4.69) is 58.3 Å². The molecule has 2 unspecified atom stereocenters. The van der Waals surface area contributed by atoms with E-state index < -0.39 is 0 Å². The summed E-state index contributed by atoms with van der Waals surface area (Å²) in [7, 11) is 2.07. The van der Waals surface area contributed by atoms with Crippen molar-refractivity contribution in [3.05, 3.63) is 34.9 Å². The Morgan fingerprint density at radius 2 is 1.94 bits per heavy atom. The summed E-state index contributed by atoms with van der Waals surface area (Å²) < 4.78 is 0. The van der Waals surface area contributed by atoms with E-state index in [9.17, 15) is 0 Å². The highest BCUT2D eigenvalue weighted by atomic mass is 14.9. The maximum atomic E-state index is 3.44. The van der Waals surface area contributed by atoms with Crippen LogP contribution in [0.4, 0.5) is 0 Å². The number of benzene rings is 1. The third-order valence-corrected chi connectivity index (χ3v) is 3.49. The molecule has 0 radical (unpaired) electrons. The van der Waals surface area contributed by atoms with Crippen LogP contribution in [0.5, 0.6) is 0 Å². The lowest BCUT2D eigenvalue weighted by atomic mass is 9.87. The van der Waals surface area contributed by atoms with E-state index in [1.165, 1.54) is 29.5 Å². The lowest BCUT2D eigenvalue weighted by Crippen LogP contribution is -2.30. The Morgan fingerprint density at radius 1 is 1.25 bits per heavy atom. The molecular formula is C15H25N. The van der Waals surface area contributed by atoms with Gasteiger partial charge in [-0.25, -0.2) is 0 Å². The van der Waals surface area contributed by atoms with Gasteiger partial charge in [-0.1, -0.05) is 44.0 Å². The zero-order valence-electron chi connectivity index (χ0n) is 11.3. The van der Waals surface area contributed by atoms with Crippen LogP contribution >= 0.6 is 0 Å². The molecule has 1 rings (SSSR count).